The van der Waals surface area contributed by atoms with E-state index < -0.39 is 16.2 Å². The first-order valence-electron chi connectivity index (χ1n) is 2.93. The summed E-state index contributed by atoms with van der Waals surface area (Å²) in [4.78, 5) is 24.1. The zero-order chi connectivity index (χ0) is 9.30. The monoisotopic (exact) mass is 233 g/mol. The predicted octanol–water partition coefficient (Wildman–Crippen LogP) is 0.618. The molecule has 0 N–H and O–H groups in total. The van der Waals surface area contributed by atoms with Gasteiger partial charge in [0.2, 0.25) is 0 Å². The Morgan fingerprint density at radius 3 is 2.83 bits per heavy atom. The smallest absolute Gasteiger partial charge is 0.260 e. The van der Waals surface area contributed by atoms with Crippen molar-refractivity contribution in [2.24, 2.45) is 0 Å². The molecule has 7 heteroatoms. The minimum atomic E-state index is -0.771. The van der Waals surface area contributed by atoms with Gasteiger partial charge in [-0.15, -0.1) is 0 Å². The lowest BCUT2D eigenvalue weighted by molar-refractivity contribution is -0.386. The van der Waals surface area contributed by atoms with Gasteiger partial charge in [0.25, 0.3) is 0 Å². The van der Waals surface area contributed by atoms with E-state index in [0.29, 0.717) is 5.82 Å². The van der Waals surface area contributed by atoms with Gasteiger partial charge < -0.3 is 0 Å². The van der Waals surface area contributed by atoms with Crippen LogP contribution in [0.1, 0.15) is 5.82 Å². The van der Waals surface area contributed by atoms with Crippen molar-refractivity contribution < 1.29 is 4.92 Å². The van der Waals surface area contributed by atoms with Crippen LogP contribution in [0.2, 0.25) is 0 Å². The summed E-state index contributed by atoms with van der Waals surface area (Å²) in [5.74, 6) is 0.366. The van der Waals surface area contributed by atoms with E-state index in [1.165, 1.54) is 0 Å². The van der Waals surface area contributed by atoms with Gasteiger partial charge in [-0.3, -0.25) is 14.9 Å². The van der Waals surface area contributed by atoms with Crippen LogP contribution >= 0.6 is 16.1 Å². The van der Waals surface area contributed by atoms with Gasteiger partial charge in [0.15, 0.2) is 0 Å². The van der Waals surface area contributed by atoms with Crippen LogP contribution in [0.25, 0.3) is 0 Å². The lowest BCUT2D eigenvalue weighted by atomic mass is 10.5. The van der Waals surface area contributed by atoms with E-state index in [0.717, 1.165) is 9.79 Å². The van der Waals surface area contributed by atoms with Crippen molar-refractivity contribution in [1.29, 1.82) is 0 Å². The van der Waals surface area contributed by atoms with Gasteiger partial charge in [-0.25, -0.2) is 8.58 Å². The van der Waals surface area contributed by atoms with Crippen molar-refractivity contribution >= 4 is 21.8 Å². The first kappa shape index (κ1) is 8.85. The molecule has 12 heavy (non-hydrogen) atoms. The number of nitro groups is 1. The molecule has 0 atom stereocenters. The fourth-order valence-corrected chi connectivity index (χ4v) is 0.906. The Labute approximate surface area is 75.3 Å². The lowest BCUT2D eigenvalue weighted by Gasteiger charge is -1.96. The Kier molecular flexibility index (Phi) is 2.22. The molecule has 0 saturated carbocycles. The first-order valence-corrected chi connectivity index (χ1v) is 3.64. The molecule has 0 saturated heterocycles. The van der Waals surface area contributed by atoms with Gasteiger partial charge in [0, 0.05) is 0 Å². The number of rotatable bonds is 1. The SMILES string of the molecule is Cc1ncc([N+](=O)[O-])c(=O)n1Br. The summed E-state index contributed by atoms with van der Waals surface area (Å²) in [5.41, 5.74) is -1.26. The second-order valence-corrected chi connectivity index (χ2v) is 2.74. The highest BCUT2D eigenvalue weighted by Crippen LogP contribution is 2.03. The third-order valence-corrected chi connectivity index (χ3v) is 2.09. The van der Waals surface area contributed by atoms with Crippen molar-refractivity contribution in [3.63, 3.8) is 0 Å². The van der Waals surface area contributed by atoms with Crippen LogP contribution < -0.4 is 5.56 Å². The van der Waals surface area contributed by atoms with E-state index in [2.05, 4.69) is 21.1 Å². The maximum atomic E-state index is 11.1. The molecule has 0 radical (unpaired) electrons. The topological polar surface area (TPSA) is 78.0 Å². The molecule has 0 spiro atoms. The summed E-state index contributed by atoms with van der Waals surface area (Å²) in [7, 11) is 0. The second-order valence-electron chi connectivity index (χ2n) is 2.03. The summed E-state index contributed by atoms with van der Waals surface area (Å²) >= 11 is 2.84. The predicted molar refractivity (Wildman–Crippen MR) is 44.2 cm³/mol. The first-order chi connectivity index (χ1) is 5.54. The highest BCUT2D eigenvalue weighted by atomic mass is 79.9. The van der Waals surface area contributed by atoms with Crippen LogP contribution in [0, 0.1) is 17.0 Å². The maximum Gasteiger partial charge on any atom is 0.353 e. The van der Waals surface area contributed by atoms with Gasteiger partial charge in [0.1, 0.15) is 12.0 Å². The van der Waals surface area contributed by atoms with E-state index in [1.54, 1.807) is 6.92 Å². The Bertz CT molecular complexity index is 386. The van der Waals surface area contributed by atoms with Crippen LogP contribution in [0.4, 0.5) is 5.69 Å². The molecule has 1 heterocycles. The minimum absolute atomic E-state index is 0.366. The van der Waals surface area contributed by atoms with Crippen molar-refractivity contribution in [3.05, 3.63) is 32.5 Å². The van der Waals surface area contributed by atoms with Gasteiger partial charge in [-0.05, 0) is 6.92 Å². The summed E-state index contributed by atoms with van der Waals surface area (Å²) in [6.45, 7) is 1.56. The summed E-state index contributed by atoms with van der Waals surface area (Å²) in [6, 6.07) is 0. The van der Waals surface area contributed by atoms with E-state index in [9.17, 15) is 14.9 Å². The largest absolute Gasteiger partial charge is 0.353 e. The van der Waals surface area contributed by atoms with Crippen molar-refractivity contribution in [2.75, 3.05) is 0 Å². The molecule has 1 rings (SSSR count). The average Bonchev–Trinajstić information content (AvgIpc) is 2.00. The van der Waals surface area contributed by atoms with Crippen molar-refractivity contribution in [3.8, 4) is 0 Å². The third kappa shape index (κ3) is 1.35. The molecule has 0 aliphatic rings. The molecule has 0 unspecified atom stereocenters. The highest BCUT2D eigenvalue weighted by Gasteiger charge is 2.15. The van der Waals surface area contributed by atoms with Crippen molar-refractivity contribution in [1.82, 2.24) is 8.58 Å². The fraction of sp³-hybridized carbons (Fsp3) is 0.200. The van der Waals surface area contributed by atoms with Gasteiger partial charge in [0.05, 0.1) is 21.1 Å². The molecule has 6 nitrogen and oxygen atoms in total. The molecule has 0 aromatic carbocycles. The van der Waals surface area contributed by atoms with E-state index in [4.69, 9.17) is 0 Å². The number of aromatic nitrogens is 2. The van der Waals surface area contributed by atoms with Crippen LogP contribution in [-0.4, -0.2) is 13.5 Å². The van der Waals surface area contributed by atoms with Crippen LogP contribution in [-0.2, 0) is 0 Å². The quantitative estimate of drug-likeness (QED) is 0.527. The van der Waals surface area contributed by atoms with Crippen LogP contribution in [0.5, 0.6) is 0 Å². The number of aryl methyl sites for hydroxylation is 1. The zero-order valence-corrected chi connectivity index (χ0v) is 7.61. The molecule has 64 valence electrons. The standard InChI is InChI=1S/C5H4BrN3O3/c1-3-7-2-4(9(11)12)5(10)8(3)6/h2H,1H3. The fourth-order valence-electron chi connectivity index (χ4n) is 0.633. The van der Waals surface area contributed by atoms with E-state index >= 15 is 0 Å². The van der Waals surface area contributed by atoms with Gasteiger partial charge in [-0.1, -0.05) is 0 Å². The highest BCUT2D eigenvalue weighted by molar-refractivity contribution is 9.08. The molecule has 0 amide bonds. The molecule has 0 aliphatic carbocycles. The third-order valence-electron chi connectivity index (χ3n) is 1.25. The average molecular weight is 234 g/mol. The number of hydrogen-bond acceptors (Lipinski definition) is 4. The number of hydrogen-bond donors (Lipinski definition) is 0. The molecule has 1 aromatic rings. The van der Waals surface area contributed by atoms with Gasteiger partial charge in [-0.2, -0.15) is 0 Å². The Morgan fingerprint density at radius 2 is 2.33 bits per heavy atom. The Hall–Kier alpha value is -1.24. The number of halogens is 1. The normalized spacial score (nSPS) is 9.83. The molecule has 0 fully saturated rings. The molecule has 1 aromatic heterocycles. The van der Waals surface area contributed by atoms with Gasteiger partial charge >= 0.3 is 11.2 Å². The zero-order valence-electron chi connectivity index (χ0n) is 6.02. The lowest BCUT2D eigenvalue weighted by Crippen LogP contribution is -2.19. The minimum Gasteiger partial charge on any atom is -0.260 e. The molecular weight excluding hydrogens is 230 g/mol. The Morgan fingerprint density at radius 1 is 1.75 bits per heavy atom. The number of nitrogens with zero attached hydrogens (tertiary/aromatic N) is 3. The van der Waals surface area contributed by atoms with E-state index in [1.807, 2.05) is 0 Å². The Balaban J connectivity index is 3.47. The molecular formula is C5H4BrN3O3. The van der Waals surface area contributed by atoms with E-state index in [-0.39, 0.29) is 0 Å². The molecule has 0 aliphatic heterocycles. The maximum absolute atomic E-state index is 11.1. The summed E-state index contributed by atoms with van der Waals surface area (Å²) in [5, 5.41) is 10.2. The van der Waals surface area contributed by atoms with Crippen molar-refractivity contribution in [2.45, 2.75) is 6.92 Å². The summed E-state index contributed by atoms with van der Waals surface area (Å²) < 4.78 is 0.950. The van der Waals surface area contributed by atoms with Crippen LogP contribution in [0.3, 0.4) is 0 Å². The molecule has 0 bridgehead atoms. The summed E-state index contributed by atoms with van der Waals surface area (Å²) in [6.07, 6.45) is 0.940. The van der Waals surface area contributed by atoms with Crippen LogP contribution in [0.15, 0.2) is 11.0 Å². The second kappa shape index (κ2) is 3.02.